The van der Waals surface area contributed by atoms with E-state index in [9.17, 15) is 9.59 Å². The molecule has 1 saturated carbocycles. The molecule has 150 valence electrons. The summed E-state index contributed by atoms with van der Waals surface area (Å²) in [5.74, 6) is 0.855. The fraction of sp³-hybridized carbons (Fsp3) is 0.381. The number of carbonyl (C=O) groups excluding carboxylic acids is 2. The maximum absolute atomic E-state index is 12.8. The van der Waals surface area contributed by atoms with Crippen molar-refractivity contribution in [3.63, 3.8) is 0 Å². The molecule has 1 atom stereocenters. The molecule has 5 rings (SSSR count). The summed E-state index contributed by atoms with van der Waals surface area (Å²) in [7, 11) is 0. The van der Waals surface area contributed by atoms with Crippen LogP contribution in [0.2, 0.25) is 0 Å². The number of hydrogen-bond acceptors (Lipinski definition) is 6. The van der Waals surface area contributed by atoms with Crippen LogP contribution in [0, 0.1) is 5.92 Å². The number of anilines is 1. The number of aromatic nitrogens is 1. The molecule has 0 unspecified atom stereocenters. The molecule has 0 spiro atoms. The van der Waals surface area contributed by atoms with Gasteiger partial charge >= 0.3 is 0 Å². The third-order valence-electron chi connectivity index (χ3n) is 5.65. The second-order valence-electron chi connectivity index (χ2n) is 7.53. The van der Waals surface area contributed by atoms with Gasteiger partial charge in [0.25, 0.3) is 0 Å². The van der Waals surface area contributed by atoms with Crippen LogP contribution in [-0.2, 0) is 9.59 Å². The number of nitrogens with zero attached hydrogens (tertiary/aromatic N) is 2. The van der Waals surface area contributed by atoms with Crippen molar-refractivity contribution in [2.24, 2.45) is 5.92 Å². The van der Waals surface area contributed by atoms with Crippen molar-refractivity contribution in [1.29, 1.82) is 0 Å². The fourth-order valence-corrected chi connectivity index (χ4v) is 5.15. The summed E-state index contributed by atoms with van der Waals surface area (Å²) in [5.41, 5.74) is 0.625. The summed E-state index contributed by atoms with van der Waals surface area (Å²) in [6.45, 7) is 0.497. The highest BCUT2D eigenvalue weighted by atomic mass is 32.1. The summed E-state index contributed by atoms with van der Waals surface area (Å²) in [5, 5.41) is 3.38. The standard InChI is InChI=1S/C21H21N3O4S/c25-17-11-13(12-24(17)14-5-1-2-6-14)20(26)23-21-22-18(15-7-3-9-27-15)19(29-21)16-8-4-10-28-16/h3-4,7-10,13-14H,1-2,5-6,11-12H2,(H,22,23,26)/t13-/m1/s1. The maximum Gasteiger partial charge on any atom is 0.231 e. The summed E-state index contributed by atoms with van der Waals surface area (Å²) in [4.78, 5) is 32.5. The largest absolute Gasteiger partial charge is 0.463 e. The van der Waals surface area contributed by atoms with Crippen LogP contribution in [0.25, 0.3) is 22.1 Å². The number of likely N-dealkylation sites (tertiary alicyclic amines) is 1. The Balaban J connectivity index is 1.35. The SMILES string of the molecule is O=C(Nc1nc(-c2ccco2)c(-c2ccco2)s1)[C@@H]1CC(=O)N(C2CCCC2)C1. The Morgan fingerprint density at radius 1 is 1.14 bits per heavy atom. The molecule has 4 heterocycles. The summed E-state index contributed by atoms with van der Waals surface area (Å²) in [6.07, 6.45) is 7.87. The van der Waals surface area contributed by atoms with E-state index in [4.69, 9.17) is 8.83 Å². The number of hydrogen-bond donors (Lipinski definition) is 1. The van der Waals surface area contributed by atoms with Crippen molar-refractivity contribution in [3.05, 3.63) is 36.8 Å². The van der Waals surface area contributed by atoms with Crippen LogP contribution >= 0.6 is 11.3 Å². The van der Waals surface area contributed by atoms with E-state index in [1.54, 1.807) is 24.7 Å². The number of rotatable bonds is 5. The van der Waals surface area contributed by atoms with Gasteiger partial charge in [-0.05, 0) is 37.1 Å². The summed E-state index contributed by atoms with van der Waals surface area (Å²) >= 11 is 1.33. The first-order valence-electron chi connectivity index (χ1n) is 9.88. The second kappa shape index (κ2) is 7.51. The minimum atomic E-state index is -0.342. The molecule has 3 aromatic heterocycles. The van der Waals surface area contributed by atoms with Gasteiger partial charge in [0.2, 0.25) is 11.8 Å². The van der Waals surface area contributed by atoms with E-state index >= 15 is 0 Å². The molecule has 2 fully saturated rings. The van der Waals surface area contributed by atoms with E-state index < -0.39 is 0 Å². The zero-order chi connectivity index (χ0) is 19.8. The lowest BCUT2D eigenvalue weighted by Crippen LogP contribution is -2.35. The van der Waals surface area contributed by atoms with Gasteiger partial charge < -0.3 is 19.1 Å². The van der Waals surface area contributed by atoms with Crippen LogP contribution in [0.4, 0.5) is 5.13 Å². The first kappa shape index (κ1) is 18.2. The molecule has 0 bridgehead atoms. The first-order valence-corrected chi connectivity index (χ1v) is 10.7. The first-order chi connectivity index (χ1) is 14.2. The Morgan fingerprint density at radius 2 is 1.86 bits per heavy atom. The van der Waals surface area contributed by atoms with Crippen molar-refractivity contribution >= 4 is 28.3 Å². The summed E-state index contributed by atoms with van der Waals surface area (Å²) in [6, 6.07) is 7.57. The lowest BCUT2D eigenvalue weighted by molar-refractivity contribution is -0.129. The average molecular weight is 411 g/mol. The van der Waals surface area contributed by atoms with Crippen LogP contribution in [0.3, 0.4) is 0 Å². The lowest BCUT2D eigenvalue weighted by Gasteiger charge is -2.23. The van der Waals surface area contributed by atoms with E-state index in [0.29, 0.717) is 34.9 Å². The molecule has 0 radical (unpaired) electrons. The molecule has 3 aromatic rings. The zero-order valence-corrected chi connectivity index (χ0v) is 16.6. The van der Waals surface area contributed by atoms with Crippen molar-refractivity contribution in [2.75, 3.05) is 11.9 Å². The topological polar surface area (TPSA) is 88.6 Å². The second-order valence-corrected chi connectivity index (χ2v) is 8.53. The average Bonchev–Trinajstić information content (AvgIpc) is 3.52. The lowest BCUT2D eigenvalue weighted by atomic mass is 10.1. The molecule has 1 saturated heterocycles. The summed E-state index contributed by atoms with van der Waals surface area (Å²) < 4.78 is 11.0. The minimum Gasteiger partial charge on any atom is -0.463 e. The Labute approximate surface area is 171 Å². The number of amides is 2. The van der Waals surface area contributed by atoms with Crippen LogP contribution in [0.1, 0.15) is 32.1 Å². The van der Waals surface area contributed by atoms with Crippen LogP contribution < -0.4 is 5.32 Å². The van der Waals surface area contributed by atoms with Crippen molar-refractivity contribution in [2.45, 2.75) is 38.1 Å². The van der Waals surface area contributed by atoms with Gasteiger partial charge in [-0.2, -0.15) is 0 Å². The highest BCUT2D eigenvalue weighted by molar-refractivity contribution is 7.19. The maximum atomic E-state index is 12.8. The monoisotopic (exact) mass is 411 g/mol. The number of furan rings is 2. The number of carbonyl (C=O) groups is 2. The Hall–Kier alpha value is -2.87. The van der Waals surface area contributed by atoms with Gasteiger partial charge in [0, 0.05) is 19.0 Å². The smallest absolute Gasteiger partial charge is 0.231 e. The number of thiazole rings is 1. The van der Waals surface area contributed by atoms with Gasteiger partial charge in [-0.15, -0.1) is 0 Å². The Kier molecular flexibility index (Phi) is 4.71. The minimum absolute atomic E-state index is 0.0868. The highest BCUT2D eigenvalue weighted by Crippen LogP contribution is 2.39. The Bertz CT molecular complexity index is 951. The molecule has 1 aliphatic carbocycles. The van der Waals surface area contributed by atoms with Crippen LogP contribution in [-0.4, -0.2) is 34.3 Å². The molecule has 1 aliphatic heterocycles. The molecular weight excluding hydrogens is 390 g/mol. The van der Waals surface area contributed by atoms with Gasteiger partial charge in [0.1, 0.15) is 16.3 Å². The molecular formula is C21H21N3O4S. The van der Waals surface area contributed by atoms with E-state index in [2.05, 4.69) is 10.3 Å². The Morgan fingerprint density at radius 3 is 2.55 bits per heavy atom. The fourth-order valence-electron chi connectivity index (χ4n) is 4.21. The zero-order valence-electron chi connectivity index (χ0n) is 15.8. The molecule has 8 heteroatoms. The molecule has 29 heavy (non-hydrogen) atoms. The van der Waals surface area contributed by atoms with Gasteiger partial charge in [-0.3, -0.25) is 9.59 Å². The highest BCUT2D eigenvalue weighted by Gasteiger charge is 2.39. The third-order valence-corrected chi connectivity index (χ3v) is 6.64. The van der Waals surface area contributed by atoms with E-state index in [1.807, 2.05) is 17.0 Å². The van der Waals surface area contributed by atoms with Gasteiger partial charge in [0.15, 0.2) is 10.9 Å². The van der Waals surface area contributed by atoms with Gasteiger partial charge in [-0.1, -0.05) is 24.2 Å². The third kappa shape index (κ3) is 3.48. The molecule has 0 aromatic carbocycles. The molecule has 2 amide bonds. The van der Waals surface area contributed by atoms with E-state index in [-0.39, 0.29) is 24.2 Å². The predicted octanol–water partition coefficient (Wildman–Crippen LogP) is 4.39. The quantitative estimate of drug-likeness (QED) is 0.672. The molecule has 2 aliphatic rings. The van der Waals surface area contributed by atoms with Crippen LogP contribution in [0.5, 0.6) is 0 Å². The van der Waals surface area contributed by atoms with Crippen molar-refractivity contribution in [1.82, 2.24) is 9.88 Å². The van der Waals surface area contributed by atoms with Crippen molar-refractivity contribution in [3.8, 4) is 22.1 Å². The molecule has 7 nitrogen and oxygen atoms in total. The normalized spacial score (nSPS) is 19.9. The number of nitrogens with one attached hydrogen (secondary N) is 1. The van der Waals surface area contributed by atoms with Gasteiger partial charge in [-0.25, -0.2) is 4.98 Å². The molecule has 1 N–H and O–H groups in total. The predicted molar refractivity (Wildman–Crippen MR) is 108 cm³/mol. The van der Waals surface area contributed by atoms with Gasteiger partial charge in [0.05, 0.1) is 18.4 Å². The van der Waals surface area contributed by atoms with E-state index in [0.717, 1.165) is 30.6 Å². The van der Waals surface area contributed by atoms with E-state index in [1.165, 1.54) is 11.3 Å². The van der Waals surface area contributed by atoms with Crippen LogP contribution in [0.15, 0.2) is 45.6 Å². The van der Waals surface area contributed by atoms with Crippen molar-refractivity contribution < 1.29 is 18.4 Å².